The molecule has 0 saturated carbocycles. The third kappa shape index (κ3) is 6.89. The van der Waals surface area contributed by atoms with Crippen LogP contribution in [0.5, 0.6) is 23.0 Å². The molecule has 236 valence electrons. The van der Waals surface area contributed by atoms with Crippen LogP contribution in [-0.4, -0.2) is 47.6 Å². The smallest absolute Gasteiger partial charge is 0.305 e. The van der Waals surface area contributed by atoms with Crippen LogP contribution < -0.4 is 9.47 Å². The number of fused-ring (bicyclic) bond motifs is 2. The van der Waals surface area contributed by atoms with Crippen molar-refractivity contribution in [3.63, 3.8) is 0 Å². The molecule has 8 nitrogen and oxygen atoms in total. The molecule has 0 fully saturated rings. The molecule has 0 radical (unpaired) electrons. The summed E-state index contributed by atoms with van der Waals surface area (Å²) in [4.78, 5) is 24.6. The molecule has 4 atom stereocenters. The van der Waals surface area contributed by atoms with E-state index in [0.29, 0.717) is 30.8 Å². The summed E-state index contributed by atoms with van der Waals surface area (Å²) in [6.45, 7) is 16.2. The first-order valence-corrected chi connectivity index (χ1v) is 15.6. The van der Waals surface area contributed by atoms with Crippen molar-refractivity contribution < 1.29 is 38.7 Å². The summed E-state index contributed by atoms with van der Waals surface area (Å²) in [5, 5.41) is 21.0. The van der Waals surface area contributed by atoms with Crippen LogP contribution in [0.2, 0.25) is 0 Å². The van der Waals surface area contributed by atoms with Gasteiger partial charge in [0.15, 0.2) is 0 Å². The summed E-state index contributed by atoms with van der Waals surface area (Å²) >= 11 is 0. The van der Waals surface area contributed by atoms with Gasteiger partial charge in [-0.15, -0.1) is 0 Å². The fraction of sp³-hybridized carbons (Fsp3) is 0.600. The second-order valence-electron chi connectivity index (χ2n) is 12.5. The Morgan fingerprint density at radius 1 is 0.651 bits per heavy atom. The molecule has 0 aliphatic carbocycles. The number of carbonyl (C=O) groups excluding carboxylic acids is 2. The molecule has 2 N–H and O–H groups in total. The van der Waals surface area contributed by atoms with E-state index in [0.717, 1.165) is 68.8 Å². The van der Waals surface area contributed by atoms with Crippen LogP contribution in [0, 0.1) is 53.4 Å². The van der Waals surface area contributed by atoms with Gasteiger partial charge in [-0.3, -0.25) is 9.59 Å². The average molecular weight is 597 g/mol. The maximum Gasteiger partial charge on any atom is 0.305 e. The van der Waals surface area contributed by atoms with E-state index in [9.17, 15) is 19.8 Å². The van der Waals surface area contributed by atoms with Gasteiger partial charge in [0.1, 0.15) is 23.0 Å². The van der Waals surface area contributed by atoms with Crippen molar-refractivity contribution in [2.45, 2.75) is 113 Å². The van der Waals surface area contributed by atoms with Crippen LogP contribution >= 0.6 is 0 Å². The molecule has 2 aliphatic heterocycles. The molecule has 8 heteroatoms. The van der Waals surface area contributed by atoms with Gasteiger partial charge < -0.3 is 29.2 Å². The Labute approximate surface area is 255 Å². The first-order valence-electron chi connectivity index (χ1n) is 15.6. The minimum atomic E-state index is -0.325. The number of phenolic OH excluding ortho intramolecular Hbond substituents is 2. The summed E-state index contributed by atoms with van der Waals surface area (Å²) < 4.78 is 23.4. The molecular formula is C35H48O8. The first-order chi connectivity index (χ1) is 20.3. The van der Waals surface area contributed by atoms with Crippen molar-refractivity contribution in [3.05, 3.63) is 44.5 Å². The van der Waals surface area contributed by atoms with E-state index in [4.69, 9.17) is 18.9 Å². The zero-order chi connectivity index (χ0) is 31.6. The quantitative estimate of drug-likeness (QED) is 0.297. The summed E-state index contributed by atoms with van der Waals surface area (Å²) in [5.74, 6) is 2.07. The summed E-state index contributed by atoms with van der Waals surface area (Å²) in [6, 6.07) is 0. The standard InChI is InChI=1S/C35H48O8/c1-18-20(3)34-28(22(5)32(18)38)16-26(24(7)42-34)12-14-40-30(36)10-9-11-31(37)41-15-13-27-17-29-23(6)33(39)19(2)21(4)35(29)43-25(27)8/h24-27,38-39H,9-17H2,1-8H3. The largest absolute Gasteiger partial charge is 0.507 e. The SMILES string of the molecule is Cc1c(C)c2c(c(C)c1O)CC(CCOC(=O)CCCC(=O)OCCC1Cc3c(C)c(O)c(C)c(C)c3OC1C)C(C)O2. The zero-order valence-electron chi connectivity index (χ0n) is 27.0. The molecule has 0 bridgehead atoms. The van der Waals surface area contributed by atoms with Crippen molar-refractivity contribution in [2.75, 3.05) is 13.2 Å². The van der Waals surface area contributed by atoms with Gasteiger partial charge in [0.25, 0.3) is 0 Å². The highest BCUT2D eigenvalue weighted by Gasteiger charge is 2.32. The lowest BCUT2D eigenvalue weighted by molar-refractivity contribution is -0.146. The fourth-order valence-corrected chi connectivity index (χ4v) is 6.41. The van der Waals surface area contributed by atoms with Gasteiger partial charge in [-0.1, -0.05) is 0 Å². The third-order valence-electron chi connectivity index (χ3n) is 9.81. The monoisotopic (exact) mass is 596 g/mol. The number of esters is 2. The maximum atomic E-state index is 12.3. The number of carbonyl (C=O) groups is 2. The summed E-state index contributed by atoms with van der Waals surface area (Å²) in [6.07, 6.45) is 3.49. The van der Waals surface area contributed by atoms with Crippen molar-refractivity contribution in [1.29, 1.82) is 0 Å². The lowest BCUT2D eigenvalue weighted by Gasteiger charge is -2.34. The van der Waals surface area contributed by atoms with E-state index in [1.165, 1.54) is 0 Å². The Kier molecular flexibility index (Phi) is 10.2. The van der Waals surface area contributed by atoms with Crippen LogP contribution in [0.15, 0.2) is 0 Å². The van der Waals surface area contributed by atoms with E-state index in [-0.39, 0.29) is 62.0 Å². The Hall–Kier alpha value is -3.42. The molecule has 2 aromatic carbocycles. The number of hydrogen-bond acceptors (Lipinski definition) is 8. The second kappa shape index (κ2) is 13.5. The average Bonchev–Trinajstić information content (AvgIpc) is 2.97. The van der Waals surface area contributed by atoms with Gasteiger partial charge in [0.2, 0.25) is 0 Å². The number of hydrogen-bond donors (Lipinski definition) is 2. The van der Waals surface area contributed by atoms with Crippen molar-refractivity contribution in [1.82, 2.24) is 0 Å². The maximum absolute atomic E-state index is 12.3. The number of aromatic hydroxyl groups is 2. The van der Waals surface area contributed by atoms with Gasteiger partial charge in [0, 0.05) is 35.8 Å². The predicted molar refractivity (Wildman–Crippen MR) is 164 cm³/mol. The van der Waals surface area contributed by atoms with E-state index in [2.05, 4.69) is 0 Å². The van der Waals surface area contributed by atoms with E-state index >= 15 is 0 Å². The highest BCUT2D eigenvalue weighted by molar-refractivity contribution is 5.72. The normalized spacial score (nSPS) is 20.8. The number of ether oxygens (including phenoxy) is 4. The molecule has 2 aromatic rings. The highest BCUT2D eigenvalue weighted by atomic mass is 16.5. The molecule has 4 unspecified atom stereocenters. The minimum Gasteiger partial charge on any atom is -0.507 e. The molecule has 0 spiro atoms. The Morgan fingerprint density at radius 2 is 1.02 bits per heavy atom. The molecule has 2 heterocycles. The minimum absolute atomic E-state index is 0.0228. The number of benzene rings is 2. The van der Waals surface area contributed by atoms with Gasteiger partial charge in [-0.25, -0.2) is 0 Å². The second-order valence-corrected chi connectivity index (χ2v) is 12.5. The Bertz CT molecular complexity index is 1270. The van der Waals surface area contributed by atoms with Gasteiger partial charge in [-0.2, -0.15) is 0 Å². The highest BCUT2D eigenvalue weighted by Crippen LogP contribution is 2.44. The van der Waals surface area contributed by atoms with E-state index < -0.39 is 0 Å². The van der Waals surface area contributed by atoms with Crippen molar-refractivity contribution in [2.24, 2.45) is 11.8 Å². The zero-order valence-corrected chi connectivity index (χ0v) is 27.0. The Morgan fingerprint density at radius 3 is 1.40 bits per heavy atom. The first kappa shape index (κ1) is 32.5. The van der Waals surface area contributed by atoms with Crippen LogP contribution in [0.4, 0.5) is 0 Å². The summed E-state index contributed by atoms with van der Waals surface area (Å²) in [5.41, 5.74) is 7.41. The van der Waals surface area contributed by atoms with Gasteiger partial charge in [-0.05, 0) is 121 Å². The lowest BCUT2D eigenvalue weighted by atomic mass is 9.84. The lowest BCUT2D eigenvalue weighted by Crippen LogP contribution is -2.32. The molecule has 0 aromatic heterocycles. The fourth-order valence-electron chi connectivity index (χ4n) is 6.41. The molecule has 0 amide bonds. The molecule has 0 saturated heterocycles. The van der Waals surface area contributed by atoms with Crippen LogP contribution in [0.25, 0.3) is 0 Å². The topological polar surface area (TPSA) is 112 Å². The van der Waals surface area contributed by atoms with Crippen molar-refractivity contribution in [3.8, 4) is 23.0 Å². The molecule has 2 aliphatic rings. The number of rotatable bonds is 10. The molecular weight excluding hydrogens is 548 g/mol. The predicted octanol–water partition coefficient (Wildman–Crippen LogP) is 6.56. The number of phenols is 2. The summed E-state index contributed by atoms with van der Waals surface area (Å²) in [7, 11) is 0. The van der Waals surface area contributed by atoms with E-state index in [1.54, 1.807) is 0 Å². The Balaban J connectivity index is 1.14. The van der Waals surface area contributed by atoms with E-state index in [1.807, 2.05) is 55.4 Å². The van der Waals surface area contributed by atoms with Crippen LogP contribution in [-0.2, 0) is 31.9 Å². The molecule has 4 rings (SSSR count). The van der Waals surface area contributed by atoms with Crippen LogP contribution in [0.1, 0.15) is 90.5 Å². The van der Waals surface area contributed by atoms with Crippen LogP contribution in [0.3, 0.4) is 0 Å². The van der Waals surface area contributed by atoms with Crippen molar-refractivity contribution >= 4 is 11.9 Å². The molecule has 43 heavy (non-hydrogen) atoms. The van der Waals surface area contributed by atoms with Gasteiger partial charge in [0.05, 0.1) is 25.4 Å². The third-order valence-corrected chi connectivity index (χ3v) is 9.81. The van der Waals surface area contributed by atoms with Gasteiger partial charge >= 0.3 is 11.9 Å².